The zero-order valence-electron chi connectivity index (χ0n) is 12.1. The molecule has 1 aliphatic rings. The molecule has 0 aliphatic carbocycles. The summed E-state index contributed by atoms with van der Waals surface area (Å²) in [6, 6.07) is 4.73. The smallest absolute Gasteiger partial charge is 0.127 e. The first-order valence-corrected chi connectivity index (χ1v) is 7.62. The fraction of sp³-hybridized carbons (Fsp3) is 0.438. The minimum absolute atomic E-state index is 0.188. The maximum atomic E-state index is 13.8. The van der Waals surface area contributed by atoms with Crippen molar-refractivity contribution in [1.29, 1.82) is 0 Å². The normalized spacial score (nSPS) is 18.0. The molecule has 0 saturated carbocycles. The van der Waals surface area contributed by atoms with Crippen LogP contribution in [-0.4, -0.2) is 28.0 Å². The number of aryl methyl sites for hydroxylation is 1. The highest BCUT2D eigenvalue weighted by Crippen LogP contribution is 2.21. The summed E-state index contributed by atoms with van der Waals surface area (Å²) in [6.45, 7) is 2.53. The molecule has 2 heterocycles. The van der Waals surface area contributed by atoms with Crippen LogP contribution in [0.5, 0.6) is 0 Å². The van der Waals surface area contributed by atoms with Gasteiger partial charge in [0.25, 0.3) is 0 Å². The van der Waals surface area contributed by atoms with Gasteiger partial charge in [0.2, 0.25) is 0 Å². The van der Waals surface area contributed by atoms with Crippen LogP contribution in [0.2, 0.25) is 5.02 Å². The molecule has 112 valence electrons. The Balaban J connectivity index is 1.60. The third kappa shape index (κ3) is 3.44. The van der Waals surface area contributed by atoms with E-state index in [1.807, 2.05) is 19.4 Å². The van der Waals surface area contributed by atoms with E-state index in [4.69, 9.17) is 11.6 Å². The standard InChI is InChI=1S/C16H19ClFN3/c1-20(11-13-8-14(17)3-4-15(13)18)9-12-2-5-16-19-6-7-21(16)10-12/h3-4,6-8,12H,2,5,9-11H2,1H3/t12-/m0/s1. The summed E-state index contributed by atoms with van der Waals surface area (Å²) in [7, 11) is 2.03. The van der Waals surface area contributed by atoms with Crippen LogP contribution in [-0.2, 0) is 19.5 Å². The van der Waals surface area contributed by atoms with Crippen molar-refractivity contribution in [2.75, 3.05) is 13.6 Å². The summed E-state index contributed by atoms with van der Waals surface area (Å²) in [5.74, 6) is 1.57. The molecule has 0 N–H and O–H groups in total. The third-order valence-electron chi connectivity index (χ3n) is 4.05. The van der Waals surface area contributed by atoms with Crippen LogP contribution in [0.4, 0.5) is 4.39 Å². The number of rotatable bonds is 4. The number of imidazole rings is 1. The Morgan fingerprint density at radius 3 is 3.19 bits per heavy atom. The number of hydrogen-bond donors (Lipinski definition) is 0. The van der Waals surface area contributed by atoms with Crippen molar-refractivity contribution in [2.24, 2.45) is 5.92 Å². The SMILES string of the molecule is CN(Cc1cc(Cl)ccc1F)C[C@@H]1CCc2nccn2C1. The lowest BCUT2D eigenvalue weighted by molar-refractivity contribution is 0.227. The highest BCUT2D eigenvalue weighted by Gasteiger charge is 2.20. The van der Waals surface area contributed by atoms with Crippen molar-refractivity contribution >= 4 is 11.6 Å². The minimum Gasteiger partial charge on any atom is -0.335 e. The van der Waals surface area contributed by atoms with E-state index < -0.39 is 0 Å². The zero-order chi connectivity index (χ0) is 14.8. The molecule has 0 radical (unpaired) electrons. The van der Waals surface area contributed by atoms with Crippen LogP contribution in [0.3, 0.4) is 0 Å². The van der Waals surface area contributed by atoms with Crippen LogP contribution in [0.25, 0.3) is 0 Å². The van der Waals surface area contributed by atoms with Gasteiger partial charge >= 0.3 is 0 Å². The fourth-order valence-electron chi connectivity index (χ4n) is 3.05. The van der Waals surface area contributed by atoms with Crippen molar-refractivity contribution in [3.05, 3.63) is 52.8 Å². The van der Waals surface area contributed by atoms with Gasteiger partial charge in [-0.05, 0) is 37.6 Å². The molecule has 1 aromatic heterocycles. The maximum Gasteiger partial charge on any atom is 0.127 e. The maximum absolute atomic E-state index is 13.8. The lowest BCUT2D eigenvalue weighted by atomic mass is 9.99. The van der Waals surface area contributed by atoms with Crippen LogP contribution < -0.4 is 0 Å². The van der Waals surface area contributed by atoms with Crippen LogP contribution in [0.15, 0.2) is 30.6 Å². The number of halogens is 2. The first kappa shape index (κ1) is 14.5. The average molecular weight is 308 g/mol. The summed E-state index contributed by atoms with van der Waals surface area (Å²) in [6.07, 6.45) is 6.07. The molecular weight excluding hydrogens is 289 g/mol. The number of nitrogens with zero attached hydrogens (tertiary/aromatic N) is 3. The molecule has 1 aromatic carbocycles. The fourth-order valence-corrected chi connectivity index (χ4v) is 3.24. The van der Waals surface area contributed by atoms with Gasteiger partial charge in [-0.3, -0.25) is 0 Å². The number of benzene rings is 1. The van der Waals surface area contributed by atoms with E-state index >= 15 is 0 Å². The highest BCUT2D eigenvalue weighted by atomic mass is 35.5. The Labute approximate surface area is 129 Å². The summed E-state index contributed by atoms with van der Waals surface area (Å²) in [5.41, 5.74) is 0.657. The predicted molar refractivity (Wildman–Crippen MR) is 81.8 cm³/mol. The molecule has 0 amide bonds. The molecule has 3 nitrogen and oxygen atoms in total. The second-order valence-corrected chi connectivity index (χ2v) is 6.27. The molecule has 5 heteroatoms. The quantitative estimate of drug-likeness (QED) is 0.863. The second kappa shape index (κ2) is 6.16. The Morgan fingerprint density at radius 2 is 2.33 bits per heavy atom. The van der Waals surface area contributed by atoms with Crippen LogP contribution >= 0.6 is 11.6 Å². The molecule has 0 saturated heterocycles. The minimum atomic E-state index is -0.188. The lowest BCUT2D eigenvalue weighted by Gasteiger charge is -2.28. The molecule has 0 spiro atoms. The van der Waals surface area contributed by atoms with Gasteiger partial charge in [0.05, 0.1) is 0 Å². The van der Waals surface area contributed by atoms with Gasteiger partial charge in [-0.25, -0.2) is 9.37 Å². The van der Waals surface area contributed by atoms with Gasteiger partial charge in [-0.1, -0.05) is 11.6 Å². The van der Waals surface area contributed by atoms with E-state index in [1.165, 1.54) is 11.9 Å². The lowest BCUT2D eigenvalue weighted by Crippen LogP contribution is -2.31. The van der Waals surface area contributed by atoms with E-state index in [0.717, 1.165) is 25.9 Å². The predicted octanol–water partition coefficient (Wildman–Crippen LogP) is 3.37. The Morgan fingerprint density at radius 1 is 1.48 bits per heavy atom. The van der Waals surface area contributed by atoms with E-state index in [-0.39, 0.29) is 5.82 Å². The van der Waals surface area contributed by atoms with Gasteiger partial charge in [0, 0.05) is 49.0 Å². The van der Waals surface area contributed by atoms with Crippen LogP contribution in [0.1, 0.15) is 17.8 Å². The molecule has 1 aliphatic heterocycles. The average Bonchev–Trinajstić information content (AvgIpc) is 2.90. The Kier molecular flexibility index (Phi) is 4.27. The topological polar surface area (TPSA) is 21.1 Å². The highest BCUT2D eigenvalue weighted by molar-refractivity contribution is 6.30. The number of hydrogen-bond acceptors (Lipinski definition) is 2. The van der Waals surface area contributed by atoms with Crippen molar-refractivity contribution in [3.63, 3.8) is 0 Å². The first-order chi connectivity index (χ1) is 10.1. The van der Waals surface area contributed by atoms with E-state index in [1.54, 1.807) is 12.1 Å². The van der Waals surface area contributed by atoms with Crippen molar-refractivity contribution < 1.29 is 4.39 Å². The van der Waals surface area contributed by atoms with E-state index in [9.17, 15) is 4.39 Å². The van der Waals surface area contributed by atoms with Gasteiger partial charge < -0.3 is 9.47 Å². The van der Waals surface area contributed by atoms with Gasteiger partial charge in [0.1, 0.15) is 11.6 Å². The number of aromatic nitrogens is 2. The Hall–Kier alpha value is -1.39. The molecule has 1 atom stereocenters. The zero-order valence-corrected chi connectivity index (χ0v) is 12.9. The number of fused-ring (bicyclic) bond motifs is 1. The molecule has 3 rings (SSSR count). The van der Waals surface area contributed by atoms with Gasteiger partial charge in [0.15, 0.2) is 0 Å². The third-order valence-corrected chi connectivity index (χ3v) is 4.29. The summed E-state index contributed by atoms with van der Waals surface area (Å²) in [4.78, 5) is 6.51. The molecule has 0 unspecified atom stereocenters. The first-order valence-electron chi connectivity index (χ1n) is 7.24. The van der Waals surface area contributed by atoms with E-state index in [0.29, 0.717) is 23.0 Å². The summed E-state index contributed by atoms with van der Waals surface area (Å²) in [5, 5.41) is 0.584. The van der Waals surface area contributed by atoms with Crippen molar-refractivity contribution in [3.8, 4) is 0 Å². The summed E-state index contributed by atoms with van der Waals surface area (Å²) < 4.78 is 16.0. The van der Waals surface area contributed by atoms with Crippen LogP contribution in [0, 0.1) is 11.7 Å². The van der Waals surface area contributed by atoms with E-state index in [2.05, 4.69) is 14.5 Å². The molecule has 2 aromatic rings. The monoisotopic (exact) mass is 307 g/mol. The van der Waals surface area contributed by atoms with Crippen molar-refractivity contribution in [1.82, 2.24) is 14.5 Å². The summed E-state index contributed by atoms with van der Waals surface area (Å²) >= 11 is 5.94. The second-order valence-electron chi connectivity index (χ2n) is 5.83. The molecule has 0 bridgehead atoms. The molecule has 21 heavy (non-hydrogen) atoms. The van der Waals surface area contributed by atoms with Gasteiger partial charge in [-0.15, -0.1) is 0 Å². The molecular formula is C16H19ClFN3. The largest absolute Gasteiger partial charge is 0.335 e. The molecule has 0 fully saturated rings. The Bertz CT molecular complexity index is 626. The van der Waals surface area contributed by atoms with Gasteiger partial charge in [-0.2, -0.15) is 0 Å². The van der Waals surface area contributed by atoms with Crippen molar-refractivity contribution in [2.45, 2.75) is 25.9 Å².